The third-order valence-electron chi connectivity index (χ3n) is 2.00. The van der Waals surface area contributed by atoms with Crippen LogP contribution in [0.3, 0.4) is 0 Å². The number of nitrogens with two attached hydrogens (primary N) is 1. The lowest BCUT2D eigenvalue weighted by Crippen LogP contribution is -2.32. The summed E-state index contributed by atoms with van der Waals surface area (Å²) in [5.41, 5.74) is 4.17. The molecule has 0 bridgehead atoms. The lowest BCUT2D eigenvalue weighted by Gasteiger charge is -2.11. The quantitative estimate of drug-likeness (QED) is 0.839. The van der Waals surface area contributed by atoms with Crippen molar-refractivity contribution in [3.05, 3.63) is 28.5 Å². The van der Waals surface area contributed by atoms with Gasteiger partial charge in [0.05, 0.1) is 5.56 Å². The summed E-state index contributed by atoms with van der Waals surface area (Å²) in [6, 6.07) is -0.573. The molecule has 3 N–H and O–H groups in total. The minimum Gasteiger partial charge on any atom is -0.480 e. The highest BCUT2D eigenvalue weighted by atomic mass is 35.5. The molecule has 1 heterocycles. The number of nitrogens with zero attached hydrogens (tertiary/aromatic N) is 1. The zero-order valence-electron chi connectivity index (χ0n) is 8.74. The van der Waals surface area contributed by atoms with Gasteiger partial charge in [-0.05, 0) is 11.6 Å². The fourth-order valence-electron chi connectivity index (χ4n) is 1.12. The van der Waals surface area contributed by atoms with E-state index in [2.05, 4.69) is 4.98 Å². The number of carbonyl (C=O) groups is 1. The summed E-state index contributed by atoms with van der Waals surface area (Å²) >= 11 is 5.57. The van der Waals surface area contributed by atoms with Crippen molar-refractivity contribution in [2.45, 2.75) is 18.6 Å². The summed E-state index contributed by atoms with van der Waals surface area (Å²) < 4.78 is 37.1. The van der Waals surface area contributed by atoms with Crippen molar-refractivity contribution in [1.29, 1.82) is 0 Å². The monoisotopic (exact) mass is 304 g/mol. The van der Waals surface area contributed by atoms with E-state index in [4.69, 9.17) is 22.4 Å². The van der Waals surface area contributed by atoms with E-state index in [1.165, 1.54) is 0 Å². The molecule has 0 saturated carbocycles. The Morgan fingerprint density at radius 2 is 2.11 bits per heavy atom. The minimum atomic E-state index is -4.56. The zero-order valence-corrected chi connectivity index (χ0v) is 10.3. The molecule has 0 spiro atoms. The standard InChI is InChI=1S/C9H8ClF3N2O2.ClH/c10-7-4(2-6(14)8(16)17)1-5(3-15-7)9(11,12)13;/h1,3,6H,2,14H2,(H,16,17);1H. The maximum absolute atomic E-state index is 12.4. The van der Waals surface area contributed by atoms with E-state index < -0.39 is 23.8 Å². The Hall–Kier alpha value is -1.05. The predicted octanol–water partition coefficient (Wildman–Crippen LogP) is 2.13. The topological polar surface area (TPSA) is 76.2 Å². The highest BCUT2D eigenvalue weighted by molar-refractivity contribution is 6.30. The molecule has 9 heteroatoms. The molecule has 0 amide bonds. The number of pyridine rings is 1. The average molecular weight is 305 g/mol. The molecule has 1 rings (SSSR count). The Balaban J connectivity index is 0.00000289. The normalized spacial score (nSPS) is 12.7. The number of carboxylic acids is 1. The van der Waals surface area contributed by atoms with Crippen molar-refractivity contribution in [1.82, 2.24) is 4.98 Å². The molecule has 0 aliphatic heterocycles. The van der Waals surface area contributed by atoms with E-state index >= 15 is 0 Å². The van der Waals surface area contributed by atoms with Crippen LogP contribution in [-0.4, -0.2) is 22.1 Å². The van der Waals surface area contributed by atoms with E-state index in [1.54, 1.807) is 0 Å². The van der Waals surface area contributed by atoms with Crippen LogP contribution in [0.15, 0.2) is 12.3 Å². The third-order valence-corrected chi connectivity index (χ3v) is 2.34. The van der Waals surface area contributed by atoms with Crippen LogP contribution in [-0.2, 0) is 17.4 Å². The molecule has 0 saturated heterocycles. The fourth-order valence-corrected chi connectivity index (χ4v) is 1.30. The Labute approximate surface area is 111 Å². The number of alkyl halides is 3. The van der Waals surface area contributed by atoms with Gasteiger partial charge in [0.2, 0.25) is 0 Å². The van der Waals surface area contributed by atoms with Crippen molar-refractivity contribution in [3.8, 4) is 0 Å². The van der Waals surface area contributed by atoms with Gasteiger partial charge in [-0.15, -0.1) is 12.4 Å². The van der Waals surface area contributed by atoms with E-state index in [1.807, 2.05) is 0 Å². The fraction of sp³-hybridized carbons (Fsp3) is 0.333. The number of rotatable bonds is 3. The lowest BCUT2D eigenvalue weighted by molar-refractivity contribution is -0.138. The van der Waals surface area contributed by atoms with Crippen LogP contribution in [0.4, 0.5) is 13.2 Å². The Morgan fingerprint density at radius 3 is 2.56 bits per heavy atom. The minimum absolute atomic E-state index is 0. The van der Waals surface area contributed by atoms with E-state index in [0.29, 0.717) is 6.20 Å². The van der Waals surface area contributed by atoms with Crippen LogP contribution in [0.1, 0.15) is 11.1 Å². The molecular weight excluding hydrogens is 296 g/mol. The van der Waals surface area contributed by atoms with Gasteiger partial charge in [0.1, 0.15) is 11.2 Å². The summed E-state index contributed by atoms with van der Waals surface area (Å²) in [6.45, 7) is 0. The molecule has 4 nitrogen and oxygen atoms in total. The van der Waals surface area contributed by atoms with Crippen LogP contribution in [0, 0.1) is 0 Å². The van der Waals surface area contributed by atoms with Crippen molar-refractivity contribution in [2.24, 2.45) is 5.73 Å². The summed E-state index contributed by atoms with van der Waals surface area (Å²) in [5, 5.41) is 8.37. The van der Waals surface area contributed by atoms with Gasteiger partial charge in [-0.3, -0.25) is 4.79 Å². The van der Waals surface area contributed by atoms with Gasteiger partial charge in [0.25, 0.3) is 0 Å². The maximum Gasteiger partial charge on any atom is 0.417 e. The van der Waals surface area contributed by atoms with Crippen LogP contribution >= 0.6 is 24.0 Å². The van der Waals surface area contributed by atoms with Crippen LogP contribution in [0.25, 0.3) is 0 Å². The number of aromatic nitrogens is 1. The second-order valence-corrected chi connectivity index (χ2v) is 3.68. The van der Waals surface area contributed by atoms with Gasteiger partial charge in [-0.2, -0.15) is 13.2 Å². The van der Waals surface area contributed by atoms with Gasteiger partial charge in [-0.25, -0.2) is 4.98 Å². The molecule has 1 aromatic rings. The third kappa shape index (κ3) is 4.32. The molecular formula is C9H9Cl2F3N2O2. The Bertz CT molecular complexity index is 440. The summed E-state index contributed by atoms with van der Waals surface area (Å²) in [7, 11) is 0. The first-order valence-corrected chi connectivity index (χ1v) is 4.79. The summed E-state index contributed by atoms with van der Waals surface area (Å²) in [4.78, 5) is 13.8. The molecule has 0 aliphatic carbocycles. The van der Waals surface area contributed by atoms with Gasteiger partial charge in [-0.1, -0.05) is 11.6 Å². The largest absolute Gasteiger partial charge is 0.480 e. The molecule has 1 unspecified atom stereocenters. The SMILES string of the molecule is Cl.NC(Cc1cc(C(F)(F)F)cnc1Cl)C(=O)O. The number of hydrogen-bond acceptors (Lipinski definition) is 3. The molecule has 1 aromatic heterocycles. The molecule has 0 aromatic carbocycles. The Kier molecular flexibility index (Phi) is 5.85. The van der Waals surface area contributed by atoms with Gasteiger partial charge >= 0.3 is 12.1 Å². The van der Waals surface area contributed by atoms with Crippen molar-refractivity contribution in [3.63, 3.8) is 0 Å². The predicted molar refractivity (Wildman–Crippen MR) is 60.8 cm³/mol. The van der Waals surface area contributed by atoms with E-state index in [0.717, 1.165) is 6.07 Å². The smallest absolute Gasteiger partial charge is 0.417 e. The average Bonchev–Trinajstić information content (AvgIpc) is 2.19. The molecule has 1 atom stereocenters. The summed E-state index contributed by atoms with van der Waals surface area (Å²) in [6.07, 6.45) is -4.29. The molecule has 0 aliphatic rings. The number of aliphatic carboxylic acids is 1. The van der Waals surface area contributed by atoms with E-state index in [-0.39, 0.29) is 29.5 Å². The van der Waals surface area contributed by atoms with Crippen LogP contribution in [0.5, 0.6) is 0 Å². The highest BCUT2D eigenvalue weighted by Crippen LogP contribution is 2.30. The van der Waals surface area contributed by atoms with Crippen LogP contribution in [0.2, 0.25) is 5.15 Å². The number of hydrogen-bond donors (Lipinski definition) is 2. The van der Waals surface area contributed by atoms with Gasteiger partial charge in [0.15, 0.2) is 0 Å². The zero-order chi connectivity index (χ0) is 13.2. The Morgan fingerprint density at radius 1 is 1.56 bits per heavy atom. The molecule has 0 fully saturated rings. The second-order valence-electron chi connectivity index (χ2n) is 3.32. The van der Waals surface area contributed by atoms with Crippen molar-refractivity contribution >= 4 is 30.0 Å². The first kappa shape index (κ1) is 16.9. The van der Waals surface area contributed by atoms with Crippen molar-refractivity contribution in [2.75, 3.05) is 0 Å². The first-order valence-electron chi connectivity index (χ1n) is 4.42. The van der Waals surface area contributed by atoms with Gasteiger partial charge in [0, 0.05) is 12.6 Å². The second kappa shape index (κ2) is 6.21. The molecule has 18 heavy (non-hydrogen) atoms. The maximum atomic E-state index is 12.4. The first-order chi connectivity index (χ1) is 7.71. The van der Waals surface area contributed by atoms with Gasteiger partial charge < -0.3 is 10.8 Å². The number of carboxylic acid groups (broad SMARTS) is 1. The summed E-state index contributed by atoms with van der Waals surface area (Å²) in [5.74, 6) is -1.32. The highest BCUT2D eigenvalue weighted by Gasteiger charge is 2.31. The van der Waals surface area contributed by atoms with E-state index in [9.17, 15) is 18.0 Å². The van der Waals surface area contributed by atoms with Crippen molar-refractivity contribution < 1.29 is 23.1 Å². The van der Waals surface area contributed by atoms with Crippen LogP contribution < -0.4 is 5.73 Å². The number of halogens is 5. The molecule has 102 valence electrons. The lowest BCUT2D eigenvalue weighted by atomic mass is 10.1. The molecule has 0 radical (unpaired) electrons.